The van der Waals surface area contributed by atoms with Crippen molar-refractivity contribution in [3.63, 3.8) is 0 Å². The number of aryl methyl sites for hydroxylation is 1. The molecule has 1 aromatic rings. The number of likely N-dealkylation sites (tertiary alicyclic amines) is 1. The Morgan fingerprint density at radius 3 is 2.65 bits per heavy atom. The summed E-state index contributed by atoms with van der Waals surface area (Å²) in [5, 5.41) is 9.11. The van der Waals surface area contributed by atoms with Crippen molar-refractivity contribution in [1.82, 2.24) is 4.90 Å². The first-order chi connectivity index (χ1) is 9.47. The first-order valence-corrected chi connectivity index (χ1v) is 7.14. The standard InChI is InChI=1S/C15H21NO4/c1-4-10-6-9(3)8-16(10)14(17)13-7-11(15(18)19)12(5-2)20-13/h7,9-10H,4-6,8H2,1-3H3,(H,18,19). The minimum absolute atomic E-state index is 0.0937. The summed E-state index contributed by atoms with van der Waals surface area (Å²) in [6, 6.07) is 1.58. The molecule has 1 aromatic heterocycles. The number of hydrogen-bond donors (Lipinski definition) is 1. The van der Waals surface area contributed by atoms with Crippen LogP contribution < -0.4 is 0 Å². The van der Waals surface area contributed by atoms with Crippen LogP contribution >= 0.6 is 0 Å². The van der Waals surface area contributed by atoms with Crippen molar-refractivity contribution in [2.45, 2.75) is 46.1 Å². The average Bonchev–Trinajstić information content (AvgIpc) is 3.00. The second-order valence-electron chi connectivity index (χ2n) is 5.47. The summed E-state index contributed by atoms with van der Waals surface area (Å²) in [5.74, 6) is -0.258. The van der Waals surface area contributed by atoms with Crippen LogP contribution in [0.4, 0.5) is 0 Å². The Hall–Kier alpha value is -1.78. The Balaban J connectivity index is 2.27. The summed E-state index contributed by atoms with van der Waals surface area (Å²) in [5.41, 5.74) is 0.0937. The van der Waals surface area contributed by atoms with Crippen LogP contribution in [0.1, 0.15) is 60.3 Å². The van der Waals surface area contributed by atoms with Crippen LogP contribution in [0.2, 0.25) is 0 Å². The molecule has 0 aromatic carbocycles. The fourth-order valence-electron chi connectivity index (χ4n) is 2.91. The van der Waals surface area contributed by atoms with E-state index in [0.717, 1.165) is 12.8 Å². The second kappa shape index (κ2) is 5.69. The minimum Gasteiger partial charge on any atom is -0.478 e. The van der Waals surface area contributed by atoms with Gasteiger partial charge in [-0.1, -0.05) is 20.8 Å². The summed E-state index contributed by atoms with van der Waals surface area (Å²) >= 11 is 0. The zero-order valence-corrected chi connectivity index (χ0v) is 12.2. The predicted molar refractivity (Wildman–Crippen MR) is 73.9 cm³/mol. The smallest absolute Gasteiger partial charge is 0.339 e. The Labute approximate surface area is 118 Å². The van der Waals surface area contributed by atoms with Gasteiger partial charge in [-0.05, 0) is 18.8 Å². The number of amides is 1. The molecule has 0 saturated carbocycles. The normalized spacial score (nSPS) is 22.2. The van der Waals surface area contributed by atoms with Crippen LogP contribution in [-0.2, 0) is 6.42 Å². The number of carbonyl (C=O) groups is 2. The van der Waals surface area contributed by atoms with E-state index in [0.29, 0.717) is 24.6 Å². The molecule has 1 N–H and O–H groups in total. The van der Waals surface area contributed by atoms with Gasteiger partial charge in [0.2, 0.25) is 0 Å². The van der Waals surface area contributed by atoms with Gasteiger partial charge in [-0.25, -0.2) is 4.79 Å². The minimum atomic E-state index is -1.05. The van der Waals surface area contributed by atoms with E-state index in [9.17, 15) is 9.59 Å². The van der Waals surface area contributed by atoms with Crippen molar-refractivity contribution in [2.75, 3.05) is 6.54 Å². The van der Waals surface area contributed by atoms with Crippen LogP contribution in [0.3, 0.4) is 0 Å². The SMILES string of the molecule is CCc1oc(C(=O)N2CC(C)CC2CC)cc1C(=O)O. The number of furan rings is 1. The number of rotatable bonds is 4. The van der Waals surface area contributed by atoms with Crippen LogP contribution in [0, 0.1) is 5.92 Å². The van der Waals surface area contributed by atoms with Gasteiger partial charge in [0, 0.05) is 25.1 Å². The Bertz CT molecular complexity index is 520. The largest absolute Gasteiger partial charge is 0.478 e. The summed E-state index contributed by atoms with van der Waals surface area (Å²) in [4.78, 5) is 25.4. The van der Waals surface area contributed by atoms with Crippen molar-refractivity contribution in [2.24, 2.45) is 5.92 Å². The van der Waals surface area contributed by atoms with E-state index < -0.39 is 5.97 Å². The fraction of sp³-hybridized carbons (Fsp3) is 0.600. The highest BCUT2D eigenvalue weighted by molar-refractivity contribution is 5.96. The first-order valence-electron chi connectivity index (χ1n) is 7.14. The monoisotopic (exact) mass is 279 g/mol. The number of hydrogen-bond acceptors (Lipinski definition) is 3. The maximum Gasteiger partial charge on any atom is 0.339 e. The zero-order chi connectivity index (χ0) is 14.9. The van der Waals surface area contributed by atoms with Gasteiger partial charge in [0.1, 0.15) is 11.3 Å². The average molecular weight is 279 g/mol. The number of carboxylic acids is 1. The van der Waals surface area contributed by atoms with Gasteiger partial charge in [-0.2, -0.15) is 0 Å². The molecule has 2 rings (SSSR count). The highest BCUT2D eigenvalue weighted by Crippen LogP contribution is 2.28. The highest BCUT2D eigenvalue weighted by Gasteiger charge is 2.34. The van der Waals surface area contributed by atoms with Crippen molar-refractivity contribution >= 4 is 11.9 Å². The molecule has 1 aliphatic rings. The third kappa shape index (κ3) is 2.57. The Morgan fingerprint density at radius 1 is 1.45 bits per heavy atom. The van der Waals surface area contributed by atoms with E-state index in [-0.39, 0.29) is 23.3 Å². The molecule has 20 heavy (non-hydrogen) atoms. The van der Waals surface area contributed by atoms with E-state index in [1.54, 1.807) is 0 Å². The van der Waals surface area contributed by atoms with Gasteiger partial charge in [0.05, 0.1) is 0 Å². The quantitative estimate of drug-likeness (QED) is 0.920. The summed E-state index contributed by atoms with van der Waals surface area (Å²) in [7, 11) is 0. The number of carbonyl (C=O) groups excluding carboxylic acids is 1. The summed E-state index contributed by atoms with van der Waals surface area (Å²) in [6.07, 6.45) is 2.36. The predicted octanol–water partition coefficient (Wildman–Crippen LogP) is 2.80. The second-order valence-corrected chi connectivity index (χ2v) is 5.47. The van der Waals surface area contributed by atoms with E-state index in [4.69, 9.17) is 9.52 Å². The van der Waals surface area contributed by atoms with E-state index >= 15 is 0 Å². The van der Waals surface area contributed by atoms with Gasteiger partial charge in [0.15, 0.2) is 5.76 Å². The zero-order valence-electron chi connectivity index (χ0n) is 12.2. The van der Waals surface area contributed by atoms with E-state index in [1.165, 1.54) is 6.07 Å². The molecule has 1 fully saturated rings. The molecular weight excluding hydrogens is 258 g/mol. The fourth-order valence-corrected chi connectivity index (χ4v) is 2.91. The molecule has 5 nitrogen and oxygen atoms in total. The maximum absolute atomic E-state index is 12.5. The van der Waals surface area contributed by atoms with Crippen molar-refractivity contribution in [3.8, 4) is 0 Å². The molecule has 0 bridgehead atoms. The van der Waals surface area contributed by atoms with E-state index in [1.807, 2.05) is 11.8 Å². The van der Waals surface area contributed by atoms with Crippen molar-refractivity contribution in [3.05, 3.63) is 23.2 Å². The van der Waals surface area contributed by atoms with Gasteiger partial charge in [-0.15, -0.1) is 0 Å². The molecule has 1 amide bonds. The van der Waals surface area contributed by atoms with Gasteiger partial charge >= 0.3 is 5.97 Å². The van der Waals surface area contributed by atoms with Crippen LogP contribution in [-0.4, -0.2) is 34.5 Å². The molecular formula is C15H21NO4. The van der Waals surface area contributed by atoms with Crippen LogP contribution in [0.5, 0.6) is 0 Å². The lowest BCUT2D eigenvalue weighted by Gasteiger charge is -2.22. The van der Waals surface area contributed by atoms with E-state index in [2.05, 4.69) is 13.8 Å². The molecule has 0 aliphatic carbocycles. The Morgan fingerprint density at radius 2 is 2.15 bits per heavy atom. The summed E-state index contributed by atoms with van der Waals surface area (Å²) < 4.78 is 5.46. The maximum atomic E-state index is 12.5. The van der Waals surface area contributed by atoms with Crippen LogP contribution in [0.15, 0.2) is 10.5 Å². The van der Waals surface area contributed by atoms with Crippen LogP contribution in [0.25, 0.3) is 0 Å². The van der Waals surface area contributed by atoms with Gasteiger partial charge in [0.25, 0.3) is 5.91 Å². The third-order valence-electron chi connectivity index (χ3n) is 3.93. The van der Waals surface area contributed by atoms with Gasteiger partial charge < -0.3 is 14.4 Å². The van der Waals surface area contributed by atoms with Crippen molar-refractivity contribution in [1.29, 1.82) is 0 Å². The molecule has 0 spiro atoms. The highest BCUT2D eigenvalue weighted by atomic mass is 16.4. The number of nitrogens with zero attached hydrogens (tertiary/aromatic N) is 1. The first kappa shape index (κ1) is 14.6. The molecule has 1 saturated heterocycles. The number of aromatic carboxylic acids is 1. The third-order valence-corrected chi connectivity index (χ3v) is 3.93. The topological polar surface area (TPSA) is 70.8 Å². The molecule has 2 heterocycles. The molecule has 2 atom stereocenters. The molecule has 110 valence electrons. The Kier molecular flexibility index (Phi) is 4.16. The molecule has 1 aliphatic heterocycles. The van der Waals surface area contributed by atoms with Crippen molar-refractivity contribution < 1.29 is 19.1 Å². The summed E-state index contributed by atoms with van der Waals surface area (Å²) in [6.45, 7) is 6.71. The molecule has 0 radical (unpaired) electrons. The molecule has 5 heteroatoms. The lowest BCUT2D eigenvalue weighted by Crippen LogP contribution is -2.35. The van der Waals surface area contributed by atoms with Gasteiger partial charge in [-0.3, -0.25) is 4.79 Å². The number of carboxylic acid groups (broad SMARTS) is 1. The lowest BCUT2D eigenvalue weighted by atomic mass is 10.1. The molecule has 2 unspecified atom stereocenters. The lowest BCUT2D eigenvalue weighted by molar-refractivity contribution is 0.0685.